The second-order valence-corrected chi connectivity index (χ2v) is 4.72. The molecule has 0 saturated carbocycles. The minimum Gasteiger partial charge on any atom is -0.423 e. The van der Waals surface area contributed by atoms with Crippen LogP contribution in [0.15, 0.2) is 42.5 Å². The molecule has 0 atom stereocenters. The highest BCUT2D eigenvalue weighted by Crippen LogP contribution is 2.25. The Morgan fingerprint density at radius 2 is 1.76 bits per heavy atom. The molecule has 0 N–H and O–H groups in total. The van der Waals surface area contributed by atoms with E-state index in [1.54, 1.807) is 18.2 Å². The molecule has 0 saturated heterocycles. The number of ether oxygens (including phenoxy) is 2. The predicted octanol–water partition coefficient (Wildman–Crippen LogP) is 2.87. The molecule has 104 valence electrons. The summed E-state index contributed by atoms with van der Waals surface area (Å²) in [7, 11) is 0. The highest BCUT2D eigenvalue weighted by Gasteiger charge is 2.30. The lowest BCUT2D eigenvalue weighted by Gasteiger charge is -2.05. The average molecular weight is 303 g/mol. The first-order valence-corrected chi connectivity index (χ1v) is 6.31. The van der Waals surface area contributed by atoms with Crippen LogP contribution in [0.1, 0.15) is 31.1 Å². The van der Waals surface area contributed by atoms with Crippen LogP contribution in [0.3, 0.4) is 0 Å². The number of hydrogen-bond donors (Lipinski definition) is 0. The molecule has 1 aliphatic rings. The Bertz CT molecular complexity index is 781. The largest absolute Gasteiger partial charge is 0.423 e. The van der Waals surface area contributed by atoms with Gasteiger partial charge in [0.25, 0.3) is 0 Å². The van der Waals surface area contributed by atoms with Crippen LogP contribution in [0, 0.1) is 0 Å². The van der Waals surface area contributed by atoms with Crippen molar-refractivity contribution in [3.05, 3.63) is 64.2 Å². The number of rotatable bonds is 2. The van der Waals surface area contributed by atoms with Crippen LogP contribution in [0.25, 0.3) is 0 Å². The van der Waals surface area contributed by atoms with E-state index in [-0.39, 0.29) is 22.4 Å². The fraction of sp³-hybridized carbons (Fsp3) is 0. The van der Waals surface area contributed by atoms with Crippen LogP contribution in [0.5, 0.6) is 5.75 Å². The van der Waals surface area contributed by atoms with Crippen LogP contribution in [-0.4, -0.2) is 17.9 Å². The molecular formula is C15H7ClO5. The number of halogens is 1. The van der Waals surface area contributed by atoms with E-state index in [4.69, 9.17) is 16.3 Å². The molecule has 0 aromatic heterocycles. The third kappa shape index (κ3) is 2.51. The highest BCUT2D eigenvalue weighted by atomic mass is 35.5. The number of esters is 3. The average Bonchev–Trinajstić information content (AvgIpc) is 2.74. The van der Waals surface area contributed by atoms with Crippen LogP contribution in [-0.2, 0) is 4.74 Å². The van der Waals surface area contributed by atoms with Crippen molar-refractivity contribution in [3.8, 4) is 5.75 Å². The molecule has 2 aromatic carbocycles. The van der Waals surface area contributed by atoms with Gasteiger partial charge >= 0.3 is 17.9 Å². The van der Waals surface area contributed by atoms with Gasteiger partial charge in [-0.2, -0.15) is 0 Å². The lowest BCUT2D eigenvalue weighted by molar-refractivity contribution is 0.0442. The molecular weight excluding hydrogens is 296 g/mol. The number of hydrogen-bond acceptors (Lipinski definition) is 5. The van der Waals surface area contributed by atoms with Gasteiger partial charge in [-0.25, -0.2) is 14.4 Å². The Labute approximate surface area is 124 Å². The third-order valence-corrected chi connectivity index (χ3v) is 3.12. The molecule has 0 unspecified atom stereocenters. The molecule has 0 radical (unpaired) electrons. The van der Waals surface area contributed by atoms with Crippen molar-refractivity contribution in [2.75, 3.05) is 0 Å². The molecule has 3 rings (SSSR count). The first kappa shape index (κ1) is 13.3. The SMILES string of the molecule is O=C(Oc1ccc2c(c1)C(=O)OC2=O)c1cccc(Cl)c1. The van der Waals surface area contributed by atoms with Crippen LogP contribution >= 0.6 is 11.6 Å². The van der Waals surface area contributed by atoms with E-state index in [0.29, 0.717) is 5.02 Å². The zero-order chi connectivity index (χ0) is 15.0. The maximum atomic E-state index is 11.9. The molecule has 21 heavy (non-hydrogen) atoms. The minimum atomic E-state index is -0.754. The maximum Gasteiger partial charge on any atom is 0.347 e. The first-order valence-electron chi connectivity index (χ1n) is 5.93. The van der Waals surface area contributed by atoms with E-state index in [2.05, 4.69) is 4.74 Å². The lowest BCUT2D eigenvalue weighted by Crippen LogP contribution is -2.08. The summed E-state index contributed by atoms with van der Waals surface area (Å²) in [6.07, 6.45) is 0. The summed E-state index contributed by atoms with van der Waals surface area (Å²) in [5.74, 6) is -1.93. The van der Waals surface area contributed by atoms with Gasteiger partial charge in [0.1, 0.15) is 5.75 Å². The van der Waals surface area contributed by atoms with E-state index in [9.17, 15) is 14.4 Å². The standard InChI is InChI=1S/C15H7ClO5/c16-9-3-1-2-8(6-9)13(17)20-10-4-5-11-12(7-10)15(19)21-14(11)18/h1-7H. The van der Waals surface area contributed by atoms with Crippen molar-refractivity contribution in [2.45, 2.75) is 0 Å². The number of cyclic esters (lactones) is 2. The molecule has 0 bridgehead atoms. The summed E-state index contributed by atoms with van der Waals surface area (Å²) in [6, 6.07) is 10.4. The molecule has 0 aliphatic carbocycles. The Kier molecular flexibility index (Phi) is 3.19. The Balaban J connectivity index is 1.86. The van der Waals surface area contributed by atoms with Crippen molar-refractivity contribution >= 4 is 29.5 Å². The summed E-state index contributed by atoms with van der Waals surface area (Å²) >= 11 is 5.80. The number of benzene rings is 2. The fourth-order valence-electron chi connectivity index (χ4n) is 1.91. The molecule has 5 nitrogen and oxygen atoms in total. The van der Waals surface area contributed by atoms with E-state index < -0.39 is 17.9 Å². The van der Waals surface area contributed by atoms with Crippen molar-refractivity contribution in [1.29, 1.82) is 0 Å². The summed E-state index contributed by atoms with van der Waals surface area (Å²) in [6.45, 7) is 0. The van der Waals surface area contributed by atoms with Crippen LogP contribution < -0.4 is 4.74 Å². The molecule has 0 spiro atoms. The summed E-state index contributed by atoms with van der Waals surface area (Å²) in [5.41, 5.74) is 0.514. The molecule has 1 aliphatic heterocycles. The van der Waals surface area contributed by atoms with E-state index in [0.717, 1.165) is 0 Å². The van der Waals surface area contributed by atoms with Gasteiger partial charge in [-0.1, -0.05) is 17.7 Å². The van der Waals surface area contributed by atoms with E-state index in [1.165, 1.54) is 24.3 Å². The van der Waals surface area contributed by atoms with E-state index in [1.807, 2.05) is 0 Å². The summed E-state index contributed by atoms with van der Waals surface area (Å²) in [5, 5.41) is 0.410. The Morgan fingerprint density at radius 3 is 2.52 bits per heavy atom. The zero-order valence-electron chi connectivity index (χ0n) is 10.5. The monoisotopic (exact) mass is 302 g/mol. The lowest BCUT2D eigenvalue weighted by atomic mass is 10.1. The summed E-state index contributed by atoms with van der Waals surface area (Å²) < 4.78 is 9.60. The van der Waals surface area contributed by atoms with Crippen LogP contribution in [0.2, 0.25) is 5.02 Å². The van der Waals surface area contributed by atoms with Gasteiger partial charge < -0.3 is 9.47 Å². The van der Waals surface area contributed by atoms with E-state index >= 15 is 0 Å². The van der Waals surface area contributed by atoms with Gasteiger partial charge in [-0.05, 0) is 36.4 Å². The molecule has 0 amide bonds. The number of carbonyl (C=O) groups excluding carboxylic acids is 3. The highest BCUT2D eigenvalue weighted by molar-refractivity contribution is 6.30. The van der Waals surface area contributed by atoms with Crippen molar-refractivity contribution in [2.24, 2.45) is 0 Å². The van der Waals surface area contributed by atoms with Gasteiger partial charge in [0.05, 0.1) is 16.7 Å². The molecule has 1 heterocycles. The van der Waals surface area contributed by atoms with Crippen molar-refractivity contribution in [1.82, 2.24) is 0 Å². The van der Waals surface area contributed by atoms with Gasteiger partial charge in [-0.3, -0.25) is 0 Å². The topological polar surface area (TPSA) is 69.7 Å². The maximum absolute atomic E-state index is 11.9. The smallest absolute Gasteiger partial charge is 0.347 e. The second kappa shape index (κ2) is 5.03. The van der Waals surface area contributed by atoms with Gasteiger partial charge in [0.2, 0.25) is 0 Å². The van der Waals surface area contributed by atoms with Gasteiger partial charge in [0.15, 0.2) is 0 Å². The third-order valence-electron chi connectivity index (χ3n) is 2.89. The van der Waals surface area contributed by atoms with Crippen molar-refractivity contribution < 1.29 is 23.9 Å². The summed E-state index contributed by atoms with van der Waals surface area (Å²) in [4.78, 5) is 34.7. The molecule has 0 fully saturated rings. The zero-order valence-corrected chi connectivity index (χ0v) is 11.2. The Hall–Kier alpha value is -2.66. The minimum absolute atomic E-state index is 0.0800. The fourth-order valence-corrected chi connectivity index (χ4v) is 2.10. The second-order valence-electron chi connectivity index (χ2n) is 4.28. The van der Waals surface area contributed by atoms with Gasteiger partial charge in [-0.15, -0.1) is 0 Å². The van der Waals surface area contributed by atoms with Gasteiger partial charge in [0, 0.05) is 5.02 Å². The van der Waals surface area contributed by atoms with Crippen molar-refractivity contribution in [3.63, 3.8) is 0 Å². The van der Waals surface area contributed by atoms with Crippen LogP contribution in [0.4, 0.5) is 0 Å². The molecule has 6 heteroatoms. The predicted molar refractivity (Wildman–Crippen MR) is 72.6 cm³/mol. The number of fused-ring (bicyclic) bond motifs is 1. The quantitative estimate of drug-likeness (QED) is 0.484. The first-order chi connectivity index (χ1) is 10.0. The molecule has 2 aromatic rings. The Morgan fingerprint density at radius 1 is 1.00 bits per heavy atom. The normalized spacial score (nSPS) is 12.8. The number of carbonyl (C=O) groups is 3.